The summed E-state index contributed by atoms with van der Waals surface area (Å²) >= 11 is 0. The molecule has 0 saturated carbocycles. The molecule has 0 spiro atoms. The van der Waals surface area contributed by atoms with E-state index in [1.165, 1.54) is 154 Å². The minimum atomic E-state index is -0.662. The molecule has 0 heterocycles. The number of ether oxygens (including phenoxy) is 25. The number of hydrogen-bond acceptors (Lipinski definition) is 28. The van der Waals surface area contributed by atoms with Gasteiger partial charge in [0.25, 0.3) is 0 Å². The maximum Gasteiger partial charge on any atom is 0.306 e. The summed E-state index contributed by atoms with van der Waals surface area (Å²) in [5.41, 5.74) is 0. The van der Waals surface area contributed by atoms with Crippen molar-refractivity contribution in [3.63, 3.8) is 0 Å². The molecule has 0 unspecified atom stereocenters. The molecule has 1 atom stereocenters. The van der Waals surface area contributed by atoms with E-state index in [0.717, 1.165) is 38.5 Å². The molecule has 0 bridgehead atoms. The monoisotopic (exact) mass is 1640 g/mol. The molecule has 0 fully saturated rings. The fourth-order valence-corrected chi connectivity index (χ4v) is 11.0. The second-order valence-corrected chi connectivity index (χ2v) is 27.5. The maximum atomic E-state index is 12.9. The lowest BCUT2D eigenvalue weighted by Crippen LogP contribution is -2.30. The van der Waals surface area contributed by atoms with E-state index >= 15 is 0 Å². The topological polar surface area (TPSA) is 285 Å². The predicted molar refractivity (Wildman–Crippen MR) is 436 cm³/mol. The van der Waals surface area contributed by atoms with Gasteiger partial charge in [-0.15, -0.1) is 0 Å². The van der Waals surface area contributed by atoms with Gasteiger partial charge in [-0.2, -0.15) is 0 Å². The van der Waals surface area contributed by atoms with Crippen LogP contribution in [-0.4, -0.2) is 340 Å². The average molecular weight is 1640 g/mol. The zero-order chi connectivity index (χ0) is 81.0. The molecule has 113 heavy (non-hydrogen) atoms. The molecule has 28 heteroatoms. The Morgan fingerprint density at radius 1 is 0.186 bits per heavy atom. The number of carbonyl (C=O) groups is 2. The van der Waals surface area contributed by atoms with Crippen molar-refractivity contribution < 1.29 is 133 Å². The van der Waals surface area contributed by atoms with Crippen LogP contribution in [0.1, 0.15) is 219 Å². The second-order valence-electron chi connectivity index (χ2n) is 27.5. The number of esters is 2. The van der Waals surface area contributed by atoms with Crippen LogP contribution in [0.4, 0.5) is 0 Å². The van der Waals surface area contributed by atoms with Gasteiger partial charge >= 0.3 is 11.9 Å². The third kappa shape index (κ3) is 102. The molecule has 0 rings (SSSR count). The lowest BCUT2D eigenvalue weighted by molar-refractivity contribution is -0.163. The standard InChI is InChI=1S/C85H168O28/c1-3-5-7-9-11-13-15-17-19-21-23-25-27-29-31-33-84(87)112-82-83(113-85(88)34-32-30-28-26-24-22-20-18-16-14-12-10-8-6-4-2)81-111-80-79-110-78-77-109-76-75-108-74-73-107-72-71-106-70-69-105-68-67-104-66-65-103-64-63-102-62-61-101-60-59-100-58-57-99-56-55-98-54-53-97-52-51-96-50-49-95-48-47-94-46-45-93-44-43-92-42-41-91-40-39-90-38-37-89-36-35-86/h83,86H,3-82H2,1-2H3/t83-/m1/s1. The minimum absolute atomic E-state index is 0.0106. The second kappa shape index (κ2) is 104. The molecule has 676 valence electrons. The highest BCUT2D eigenvalue weighted by atomic mass is 16.6. The van der Waals surface area contributed by atoms with Gasteiger partial charge in [0.15, 0.2) is 6.10 Å². The van der Waals surface area contributed by atoms with E-state index in [4.69, 9.17) is 124 Å². The SMILES string of the molecule is CCCCCCCCCCCCCCCCCC(=O)OC[C@@H](COCCOCCOCCOCCOCCOCCOCCOCCOCCOCCOCCOCCOCCOCCOCCOCCOCCOCCOCCOCCOCCOCCOCCO)OC(=O)CCCCCCCCCCCCCCCCC. The molecule has 0 aromatic heterocycles. The predicted octanol–water partition coefficient (Wildman–Crippen LogP) is 12.3. The van der Waals surface area contributed by atoms with Crippen molar-refractivity contribution in [1.82, 2.24) is 0 Å². The summed E-state index contributed by atoms with van der Waals surface area (Å²) in [7, 11) is 0. The van der Waals surface area contributed by atoms with E-state index in [2.05, 4.69) is 13.8 Å². The summed E-state index contributed by atoms with van der Waals surface area (Å²) in [4.78, 5) is 25.6. The van der Waals surface area contributed by atoms with E-state index in [1.807, 2.05) is 0 Å². The van der Waals surface area contributed by atoms with Crippen LogP contribution in [-0.2, 0) is 128 Å². The maximum absolute atomic E-state index is 12.9. The zero-order valence-corrected chi connectivity index (χ0v) is 71.6. The van der Waals surface area contributed by atoms with Crippen molar-refractivity contribution in [2.45, 2.75) is 225 Å². The number of carbonyl (C=O) groups excluding carboxylic acids is 2. The Morgan fingerprint density at radius 3 is 0.513 bits per heavy atom. The first kappa shape index (κ1) is 111. The van der Waals surface area contributed by atoms with Gasteiger partial charge in [-0.3, -0.25) is 9.59 Å². The fourth-order valence-electron chi connectivity index (χ4n) is 11.0. The van der Waals surface area contributed by atoms with Gasteiger partial charge in [0.2, 0.25) is 0 Å². The summed E-state index contributed by atoms with van der Waals surface area (Å²) < 4.78 is 139. The molecule has 0 aliphatic carbocycles. The summed E-state index contributed by atoms with van der Waals surface area (Å²) in [5.74, 6) is -0.526. The van der Waals surface area contributed by atoms with E-state index < -0.39 is 6.10 Å². The third-order valence-electron chi connectivity index (χ3n) is 17.4. The van der Waals surface area contributed by atoms with E-state index in [0.29, 0.717) is 310 Å². The third-order valence-corrected chi connectivity index (χ3v) is 17.4. The van der Waals surface area contributed by atoms with Crippen LogP contribution < -0.4 is 0 Å². The van der Waals surface area contributed by atoms with Crippen LogP contribution in [0.15, 0.2) is 0 Å². The number of rotatable bonds is 105. The van der Waals surface area contributed by atoms with Gasteiger partial charge in [-0.25, -0.2) is 0 Å². The summed E-state index contributed by atoms with van der Waals surface area (Å²) in [6.45, 7) is 25.6. The molecule has 0 aromatic carbocycles. The van der Waals surface area contributed by atoms with Crippen LogP contribution >= 0.6 is 0 Å². The molecule has 1 N–H and O–H groups in total. The Balaban J connectivity index is 3.60. The highest BCUT2D eigenvalue weighted by Crippen LogP contribution is 2.17. The lowest BCUT2D eigenvalue weighted by atomic mass is 10.0. The Labute approximate surface area is 684 Å². The van der Waals surface area contributed by atoms with Gasteiger partial charge < -0.3 is 124 Å². The highest BCUT2D eigenvalue weighted by molar-refractivity contribution is 5.70. The van der Waals surface area contributed by atoms with Crippen molar-refractivity contribution in [1.29, 1.82) is 0 Å². The number of aliphatic hydroxyl groups is 1. The molecular formula is C85H168O28. The number of hydrogen-bond donors (Lipinski definition) is 1. The van der Waals surface area contributed by atoms with Crippen LogP contribution in [0.25, 0.3) is 0 Å². The molecule has 0 radical (unpaired) electrons. The number of unbranched alkanes of at least 4 members (excludes halogenated alkanes) is 28. The molecule has 0 aliphatic rings. The van der Waals surface area contributed by atoms with Crippen molar-refractivity contribution in [3.05, 3.63) is 0 Å². The normalized spacial score (nSPS) is 12.0. The van der Waals surface area contributed by atoms with E-state index in [9.17, 15) is 9.59 Å². The van der Waals surface area contributed by atoms with Gasteiger partial charge in [-0.1, -0.05) is 194 Å². The minimum Gasteiger partial charge on any atom is -0.462 e. The van der Waals surface area contributed by atoms with Gasteiger partial charge in [0, 0.05) is 12.8 Å². The van der Waals surface area contributed by atoms with Crippen LogP contribution in [0.3, 0.4) is 0 Å². The zero-order valence-electron chi connectivity index (χ0n) is 71.6. The van der Waals surface area contributed by atoms with Gasteiger partial charge in [0.05, 0.1) is 311 Å². The largest absolute Gasteiger partial charge is 0.462 e. The molecule has 0 amide bonds. The first-order valence-corrected chi connectivity index (χ1v) is 44.4. The lowest BCUT2D eigenvalue weighted by Gasteiger charge is -2.18. The van der Waals surface area contributed by atoms with Crippen molar-refractivity contribution in [2.24, 2.45) is 0 Å². The average Bonchev–Trinajstić information content (AvgIpc) is 0.975. The Morgan fingerprint density at radius 2 is 0.336 bits per heavy atom. The quantitative estimate of drug-likeness (QED) is 0.0437. The summed E-state index contributed by atoms with van der Waals surface area (Å²) in [5, 5.41) is 8.63. The first-order chi connectivity index (χ1) is 56.1. The highest BCUT2D eigenvalue weighted by Gasteiger charge is 2.18. The molecule has 0 saturated heterocycles. The van der Waals surface area contributed by atoms with Crippen molar-refractivity contribution in [2.75, 3.05) is 317 Å². The molecular weight excluding hydrogens is 1470 g/mol. The number of aliphatic hydroxyl groups excluding tert-OH is 1. The van der Waals surface area contributed by atoms with Crippen LogP contribution in [0.5, 0.6) is 0 Å². The smallest absolute Gasteiger partial charge is 0.306 e. The van der Waals surface area contributed by atoms with Crippen molar-refractivity contribution in [3.8, 4) is 0 Å². The Hall–Kier alpha value is -2.02. The van der Waals surface area contributed by atoms with Gasteiger partial charge in [0.1, 0.15) is 6.61 Å². The Kier molecular flexibility index (Phi) is 102. The summed E-state index contributed by atoms with van der Waals surface area (Å²) in [6, 6.07) is 0. The van der Waals surface area contributed by atoms with Crippen LogP contribution in [0.2, 0.25) is 0 Å². The van der Waals surface area contributed by atoms with Crippen molar-refractivity contribution >= 4 is 11.9 Å². The first-order valence-electron chi connectivity index (χ1n) is 44.4. The van der Waals surface area contributed by atoms with E-state index in [1.54, 1.807) is 0 Å². The summed E-state index contributed by atoms with van der Waals surface area (Å²) in [6.07, 6.45) is 38.2. The van der Waals surface area contributed by atoms with Gasteiger partial charge in [-0.05, 0) is 12.8 Å². The fraction of sp³-hybridized carbons (Fsp3) is 0.976. The Bertz CT molecular complexity index is 1740. The molecule has 0 aromatic rings. The molecule has 0 aliphatic heterocycles. The van der Waals surface area contributed by atoms with Crippen LogP contribution in [0, 0.1) is 0 Å². The van der Waals surface area contributed by atoms with E-state index in [-0.39, 0.29) is 31.8 Å². The molecule has 28 nitrogen and oxygen atoms in total.